The molecule has 3 aromatic rings. The highest BCUT2D eigenvalue weighted by Crippen LogP contribution is 2.36. The zero-order valence-electron chi connectivity index (χ0n) is 11.7. The number of thioether (sulfide) groups is 1. The maximum Gasteiger partial charge on any atom is 0.257 e. The fraction of sp³-hybridized carbons (Fsp3) is 0.125. The van der Waals surface area contributed by atoms with E-state index in [2.05, 4.69) is 10.4 Å². The van der Waals surface area contributed by atoms with E-state index in [4.69, 9.17) is 0 Å². The number of anilines is 1. The molecule has 0 unspecified atom stereocenters. The second kappa shape index (κ2) is 5.62. The van der Waals surface area contributed by atoms with Gasteiger partial charge in [-0.3, -0.25) is 4.79 Å². The summed E-state index contributed by atoms with van der Waals surface area (Å²) in [6.07, 6.45) is 0. The zero-order chi connectivity index (χ0) is 14.9. The van der Waals surface area contributed by atoms with Crippen LogP contribution in [0.5, 0.6) is 0 Å². The number of benzene rings is 1. The molecule has 2 aromatic heterocycles. The van der Waals surface area contributed by atoms with Crippen LogP contribution >= 0.6 is 23.1 Å². The van der Waals surface area contributed by atoms with Gasteiger partial charge in [-0.2, -0.15) is 28.2 Å². The molecule has 0 fully saturated rings. The van der Waals surface area contributed by atoms with Gasteiger partial charge >= 0.3 is 0 Å². The second-order valence-corrected chi connectivity index (χ2v) is 6.75. The van der Waals surface area contributed by atoms with Crippen LogP contribution in [0, 0.1) is 0 Å². The van der Waals surface area contributed by atoms with Crippen LogP contribution in [-0.4, -0.2) is 15.7 Å². The molecular formula is C16H13N3OS2. The van der Waals surface area contributed by atoms with Crippen molar-refractivity contribution in [2.45, 2.75) is 11.5 Å². The molecule has 0 spiro atoms. The van der Waals surface area contributed by atoms with Crippen LogP contribution in [0.1, 0.15) is 21.6 Å². The number of hydrogen-bond acceptors (Lipinski definition) is 4. The summed E-state index contributed by atoms with van der Waals surface area (Å²) >= 11 is 3.35. The molecule has 0 aliphatic carbocycles. The van der Waals surface area contributed by atoms with Gasteiger partial charge in [-0.15, -0.1) is 0 Å². The summed E-state index contributed by atoms with van der Waals surface area (Å²) < 4.78 is 1.84. The molecule has 0 saturated carbocycles. The Morgan fingerprint density at radius 3 is 2.82 bits per heavy atom. The van der Waals surface area contributed by atoms with Crippen LogP contribution in [0.4, 0.5) is 5.82 Å². The van der Waals surface area contributed by atoms with Crippen molar-refractivity contribution in [2.75, 3.05) is 5.32 Å². The van der Waals surface area contributed by atoms with Crippen molar-refractivity contribution < 1.29 is 4.79 Å². The van der Waals surface area contributed by atoms with E-state index >= 15 is 0 Å². The molecule has 1 N–H and O–H groups in total. The van der Waals surface area contributed by atoms with E-state index in [1.165, 1.54) is 11.3 Å². The van der Waals surface area contributed by atoms with E-state index in [-0.39, 0.29) is 5.91 Å². The van der Waals surface area contributed by atoms with E-state index in [0.29, 0.717) is 5.56 Å². The van der Waals surface area contributed by atoms with Crippen molar-refractivity contribution in [1.82, 2.24) is 9.78 Å². The Kier molecular flexibility index (Phi) is 3.48. The van der Waals surface area contributed by atoms with Gasteiger partial charge in [0.05, 0.1) is 16.9 Å². The van der Waals surface area contributed by atoms with Gasteiger partial charge in [-0.1, -0.05) is 18.2 Å². The molecule has 0 radical (unpaired) electrons. The maximum absolute atomic E-state index is 12.4. The largest absolute Gasteiger partial charge is 0.306 e. The van der Waals surface area contributed by atoms with Gasteiger partial charge in [0.1, 0.15) is 5.82 Å². The normalized spacial score (nSPS) is 13.1. The van der Waals surface area contributed by atoms with E-state index < -0.39 is 0 Å². The van der Waals surface area contributed by atoms with Crippen molar-refractivity contribution in [1.29, 1.82) is 0 Å². The van der Waals surface area contributed by atoms with Crippen molar-refractivity contribution in [2.24, 2.45) is 0 Å². The molecule has 1 aromatic carbocycles. The van der Waals surface area contributed by atoms with Gasteiger partial charge in [0.2, 0.25) is 0 Å². The molecular weight excluding hydrogens is 314 g/mol. The van der Waals surface area contributed by atoms with Gasteiger partial charge in [0, 0.05) is 22.4 Å². The third kappa shape index (κ3) is 2.34. The highest BCUT2D eigenvalue weighted by atomic mass is 32.2. The van der Waals surface area contributed by atoms with Gasteiger partial charge in [-0.05, 0) is 23.6 Å². The van der Waals surface area contributed by atoms with Crippen LogP contribution in [-0.2, 0) is 11.5 Å². The lowest BCUT2D eigenvalue weighted by molar-refractivity contribution is 0.102. The van der Waals surface area contributed by atoms with Crippen molar-refractivity contribution in [3.63, 3.8) is 0 Å². The van der Waals surface area contributed by atoms with Crippen LogP contribution in [0.25, 0.3) is 5.69 Å². The van der Waals surface area contributed by atoms with Crippen molar-refractivity contribution >= 4 is 34.8 Å². The number of hydrogen-bond donors (Lipinski definition) is 1. The lowest BCUT2D eigenvalue weighted by Gasteiger charge is -2.10. The molecule has 4 nitrogen and oxygen atoms in total. The number of aromatic nitrogens is 2. The third-order valence-electron chi connectivity index (χ3n) is 3.57. The molecule has 0 bridgehead atoms. The minimum atomic E-state index is -0.0852. The summed E-state index contributed by atoms with van der Waals surface area (Å²) in [6.45, 7) is 0. The zero-order valence-corrected chi connectivity index (χ0v) is 13.3. The first-order valence-electron chi connectivity index (χ1n) is 6.90. The number of carbonyl (C=O) groups excluding carboxylic acids is 1. The molecule has 110 valence electrons. The molecule has 1 amide bonds. The Labute approximate surface area is 136 Å². The van der Waals surface area contributed by atoms with Crippen LogP contribution in [0.2, 0.25) is 0 Å². The topological polar surface area (TPSA) is 46.9 Å². The number of carbonyl (C=O) groups is 1. The number of para-hydroxylation sites is 1. The molecule has 22 heavy (non-hydrogen) atoms. The predicted molar refractivity (Wildman–Crippen MR) is 90.8 cm³/mol. The van der Waals surface area contributed by atoms with Crippen LogP contribution in [0.3, 0.4) is 0 Å². The predicted octanol–water partition coefficient (Wildman–Crippen LogP) is 3.93. The summed E-state index contributed by atoms with van der Waals surface area (Å²) in [5, 5.41) is 11.5. The molecule has 1 aliphatic rings. The number of thiophene rings is 1. The minimum Gasteiger partial charge on any atom is -0.306 e. The molecule has 0 atom stereocenters. The van der Waals surface area contributed by atoms with Gasteiger partial charge < -0.3 is 5.32 Å². The van der Waals surface area contributed by atoms with Gasteiger partial charge in [0.25, 0.3) is 5.91 Å². The first-order valence-corrected chi connectivity index (χ1v) is 9.00. The summed E-state index contributed by atoms with van der Waals surface area (Å²) in [6, 6.07) is 11.7. The van der Waals surface area contributed by atoms with E-state index in [0.717, 1.165) is 34.3 Å². The SMILES string of the molecule is O=C(Nc1c2c(nn1-c1ccccc1)CSC2)c1ccsc1. The second-order valence-electron chi connectivity index (χ2n) is 4.98. The fourth-order valence-corrected chi connectivity index (χ4v) is 4.14. The number of nitrogens with one attached hydrogen (secondary N) is 1. The van der Waals surface area contributed by atoms with E-state index in [1.54, 1.807) is 0 Å². The fourth-order valence-electron chi connectivity index (χ4n) is 2.47. The lowest BCUT2D eigenvalue weighted by Crippen LogP contribution is -2.15. The lowest BCUT2D eigenvalue weighted by atomic mass is 10.2. The van der Waals surface area contributed by atoms with E-state index in [9.17, 15) is 4.79 Å². The molecule has 4 rings (SSSR count). The quantitative estimate of drug-likeness (QED) is 0.793. The smallest absolute Gasteiger partial charge is 0.257 e. The van der Waals surface area contributed by atoms with Crippen molar-refractivity contribution in [3.8, 4) is 5.69 Å². The first kappa shape index (κ1) is 13.6. The highest BCUT2D eigenvalue weighted by Gasteiger charge is 2.24. The Morgan fingerprint density at radius 2 is 2.05 bits per heavy atom. The van der Waals surface area contributed by atoms with Gasteiger partial charge in [-0.25, -0.2) is 4.68 Å². The van der Waals surface area contributed by atoms with E-state index in [1.807, 2.05) is 63.6 Å². The summed E-state index contributed by atoms with van der Waals surface area (Å²) in [5.41, 5.74) is 3.85. The molecule has 0 saturated heterocycles. The average molecular weight is 327 g/mol. The van der Waals surface area contributed by atoms with Crippen LogP contribution < -0.4 is 5.32 Å². The van der Waals surface area contributed by atoms with Crippen molar-refractivity contribution in [3.05, 3.63) is 64.0 Å². The number of fused-ring (bicyclic) bond motifs is 1. The third-order valence-corrected chi connectivity index (χ3v) is 5.22. The Hall–Kier alpha value is -2.05. The first-order chi connectivity index (χ1) is 10.8. The summed E-state index contributed by atoms with van der Waals surface area (Å²) in [4.78, 5) is 12.4. The summed E-state index contributed by atoms with van der Waals surface area (Å²) in [7, 11) is 0. The average Bonchev–Trinajstić information content (AvgIpc) is 3.26. The maximum atomic E-state index is 12.4. The highest BCUT2D eigenvalue weighted by molar-refractivity contribution is 7.98. The van der Waals surface area contributed by atoms with Gasteiger partial charge in [0.15, 0.2) is 0 Å². The Morgan fingerprint density at radius 1 is 1.18 bits per heavy atom. The number of amides is 1. The Balaban J connectivity index is 1.76. The number of nitrogens with zero attached hydrogens (tertiary/aromatic N) is 2. The minimum absolute atomic E-state index is 0.0852. The monoisotopic (exact) mass is 327 g/mol. The van der Waals surface area contributed by atoms with Crippen LogP contribution in [0.15, 0.2) is 47.2 Å². The molecule has 1 aliphatic heterocycles. The summed E-state index contributed by atoms with van der Waals surface area (Å²) in [5.74, 6) is 2.50. The molecule has 6 heteroatoms. The molecule has 3 heterocycles. The standard InChI is InChI=1S/C16H13N3OS2/c20-16(11-6-7-21-8-11)17-15-13-9-22-10-14(13)18-19(15)12-4-2-1-3-5-12/h1-8H,9-10H2,(H,17,20). The Bertz CT molecular complexity index is 810. The number of rotatable bonds is 3.